The lowest BCUT2D eigenvalue weighted by atomic mass is 9.99. The van der Waals surface area contributed by atoms with Crippen LogP contribution in [-0.2, 0) is 4.84 Å². The molecule has 2 nitrogen and oxygen atoms in total. The molecule has 0 saturated heterocycles. The monoisotopic (exact) mass is 181 g/mol. The van der Waals surface area contributed by atoms with Gasteiger partial charge in [-0.25, -0.2) is 0 Å². The highest BCUT2D eigenvalue weighted by molar-refractivity contribution is 5.83. The standard InChI is InChI=1S/C11H19NO/c1-2-10-13-12-11-8-6-4-3-5-7-9-11/h2H,1,3-10H2. The smallest absolute Gasteiger partial charge is 0.135 e. The van der Waals surface area contributed by atoms with E-state index in [1.165, 1.54) is 37.8 Å². The molecule has 0 unspecified atom stereocenters. The first-order valence-electron chi connectivity index (χ1n) is 5.22. The SMILES string of the molecule is C=CCON=C1CCCCCCC1. The first kappa shape index (κ1) is 10.3. The number of hydrogen-bond donors (Lipinski definition) is 0. The van der Waals surface area contributed by atoms with Gasteiger partial charge in [-0.3, -0.25) is 0 Å². The topological polar surface area (TPSA) is 21.6 Å². The van der Waals surface area contributed by atoms with Gasteiger partial charge in [-0.05, 0) is 25.7 Å². The fourth-order valence-corrected chi connectivity index (χ4v) is 1.59. The molecule has 0 aromatic rings. The molecular weight excluding hydrogens is 162 g/mol. The fraction of sp³-hybridized carbons (Fsp3) is 0.727. The molecule has 0 aromatic carbocycles. The van der Waals surface area contributed by atoms with Gasteiger partial charge in [0.05, 0.1) is 5.71 Å². The summed E-state index contributed by atoms with van der Waals surface area (Å²) in [5, 5.41) is 4.12. The van der Waals surface area contributed by atoms with Crippen LogP contribution in [0.25, 0.3) is 0 Å². The maximum atomic E-state index is 5.09. The highest BCUT2D eigenvalue weighted by atomic mass is 16.6. The third kappa shape index (κ3) is 4.71. The molecule has 0 amide bonds. The second-order valence-corrected chi connectivity index (χ2v) is 3.51. The van der Waals surface area contributed by atoms with Crippen molar-refractivity contribution < 1.29 is 4.84 Å². The maximum absolute atomic E-state index is 5.09. The van der Waals surface area contributed by atoms with Gasteiger partial charge in [-0.2, -0.15) is 0 Å². The molecule has 0 N–H and O–H groups in total. The van der Waals surface area contributed by atoms with Gasteiger partial charge in [-0.15, -0.1) is 0 Å². The Kier molecular flexibility index (Phi) is 5.30. The van der Waals surface area contributed by atoms with E-state index in [0.29, 0.717) is 6.61 Å². The molecule has 0 aliphatic heterocycles. The van der Waals surface area contributed by atoms with E-state index in [1.54, 1.807) is 6.08 Å². The van der Waals surface area contributed by atoms with E-state index in [4.69, 9.17) is 4.84 Å². The first-order valence-corrected chi connectivity index (χ1v) is 5.22. The summed E-state index contributed by atoms with van der Waals surface area (Å²) in [5.41, 5.74) is 1.24. The minimum atomic E-state index is 0.531. The Morgan fingerprint density at radius 2 is 1.77 bits per heavy atom. The van der Waals surface area contributed by atoms with Crippen LogP contribution in [0.5, 0.6) is 0 Å². The normalized spacial score (nSPS) is 18.6. The van der Waals surface area contributed by atoms with Crippen LogP contribution in [0.1, 0.15) is 44.9 Å². The maximum Gasteiger partial charge on any atom is 0.135 e. The van der Waals surface area contributed by atoms with E-state index in [9.17, 15) is 0 Å². The molecular formula is C11H19NO. The molecule has 0 bridgehead atoms. The van der Waals surface area contributed by atoms with Crippen molar-refractivity contribution in [3.63, 3.8) is 0 Å². The van der Waals surface area contributed by atoms with Crippen LogP contribution in [0.15, 0.2) is 17.8 Å². The molecule has 0 radical (unpaired) electrons. The molecule has 1 fully saturated rings. The quantitative estimate of drug-likeness (QED) is 0.372. The average molecular weight is 181 g/mol. The molecule has 1 aliphatic carbocycles. The highest BCUT2D eigenvalue weighted by Crippen LogP contribution is 2.14. The summed E-state index contributed by atoms with van der Waals surface area (Å²) in [5.74, 6) is 0. The van der Waals surface area contributed by atoms with Crippen LogP contribution in [0.2, 0.25) is 0 Å². The lowest BCUT2D eigenvalue weighted by Crippen LogP contribution is -2.03. The third-order valence-electron chi connectivity index (χ3n) is 2.32. The largest absolute Gasteiger partial charge is 0.392 e. The zero-order chi connectivity index (χ0) is 9.36. The molecule has 13 heavy (non-hydrogen) atoms. The van der Waals surface area contributed by atoms with Gasteiger partial charge in [0.1, 0.15) is 6.61 Å². The van der Waals surface area contributed by atoms with Gasteiger partial charge in [0, 0.05) is 0 Å². The molecule has 0 aromatic heterocycles. The summed E-state index contributed by atoms with van der Waals surface area (Å²) in [6.07, 6.45) is 10.6. The highest BCUT2D eigenvalue weighted by Gasteiger charge is 2.04. The van der Waals surface area contributed by atoms with Crippen molar-refractivity contribution >= 4 is 5.71 Å². The minimum Gasteiger partial charge on any atom is -0.392 e. The summed E-state index contributed by atoms with van der Waals surface area (Å²) in [6.45, 7) is 4.11. The molecule has 0 heterocycles. The summed E-state index contributed by atoms with van der Waals surface area (Å²) in [7, 11) is 0. The number of nitrogens with zero attached hydrogens (tertiary/aromatic N) is 1. The van der Waals surface area contributed by atoms with E-state index in [-0.39, 0.29) is 0 Å². The van der Waals surface area contributed by atoms with Gasteiger partial charge >= 0.3 is 0 Å². The Morgan fingerprint density at radius 3 is 2.38 bits per heavy atom. The Bertz CT molecular complexity index is 165. The lowest BCUT2D eigenvalue weighted by molar-refractivity contribution is 0.173. The number of hydrogen-bond acceptors (Lipinski definition) is 2. The van der Waals surface area contributed by atoms with Crippen molar-refractivity contribution in [1.82, 2.24) is 0 Å². The first-order chi connectivity index (χ1) is 6.43. The molecule has 74 valence electrons. The number of oxime groups is 1. The van der Waals surface area contributed by atoms with E-state index in [2.05, 4.69) is 11.7 Å². The van der Waals surface area contributed by atoms with Crippen molar-refractivity contribution in [2.75, 3.05) is 6.61 Å². The van der Waals surface area contributed by atoms with Gasteiger partial charge < -0.3 is 4.84 Å². The predicted octanol–water partition coefficient (Wildman–Crippen LogP) is 3.29. The predicted molar refractivity (Wildman–Crippen MR) is 55.9 cm³/mol. The van der Waals surface area contributed by atoms with Gasteiger partial charge in [-0.1, -0.05) is 37.1 Å². The summed E-state index contributed by atoms with van der Waals surface area (Å²) < 4.78 is 0. The van der Waals surface area contributed by atoms with Crippen LogP contribution in [0.4, 0.5) is 0 Å². The Hall–Kier alpha value is -0.790. The zero-order valence-corrected chi connectivity index (χ0v) is 8.30. The van der Waals surface area contributed by atoms with E-state index in [0.717, 1.165) is 12.8 Å². The third-order valence-corrected chi connectivity index (χ3v) is 2.32. The van der Waals surface area contributed by atoms with E-state index < -0.39 is 0 Å². The molecule has 0 atom stereocenters. The molecule has 0 spiro atoms. The second-order valence-electron chi connectivity index (χ2n) is 3.51. The van der Waals surface area contributed by atoms with Crippen molar-refractivity contribution in [2.24, 2.45) is 5.16 Å². The Labute approximate surface area is 80.7 Å². The molecule has 1 rings (SSSR count). The van der Waals surface area contributed by atoms with Crippen LogP contribution in [-0.4, -0.2) is 12.3 Å². The summed E-state index contributed by atoms with van der Waals surface area (Å²) >= 11 is 0. The van der Waals surface area contributed by atoms with Crippen molar-refractivity contribution in [3.8, 4) is 0 Å². The minimum absolute atomic E-state index is 0.531. The van der Waals surface area contributed by atoms with Crippen molar-refractivity contribution in [1.29, 1.82) is 0 Å². The van der Waals surface area contributed by atoms with E-state index >= 15 is 0 Å². The molecule has 1 saturated carbocycles. The number of rotatable bonds is 3. The van der Waals surface area contributed by atoms with Crippen LogP contribution >= 0.6 is 0 Å². The van der Waals surface area contributed by atoms with E-state index in [1.807, 2.05) is 0 Å². The summed E-state index contributed by atoms with van der Waals surface area (Å²) in [6, 6.07) is 0. The van der Waals surface area contributed by atoms with Gasteiger partial charge in [0.25, 0.3) is 0 Å². The molecule has 1 aliphatic rings. The fourth-order valence-electron chi connectivity index (χ4n) is 1.59. The van der Waals surface area contributed by atoms with Crippen LogP contribution in [0.3, 0.4) is 0 Å². The Morgan fingerprint density at radius 1 is 1.15 bits per heavy atom. The average Bonchev–Trinajstić information content (AvgIpc) is 2.08. The van der Waals surface area contributed by atoms with Gasteiger partial charge in [0.2, 0.25) is 0 Å². The van der Waals surface area contributed by atoms with Crippen molar-refractivity contribution in [2.45, 2.75) is 44.9 Å². The summed E-state index contributed by atoms with van der Waals surface area (Å²) in [4.78, 5) is 5.09. The molecule has 2 heteroatoms. The second kappa shape index (κ2) is 6.70. The van der Waals surface area contributed by atoms with Crippen LogP contribution < -0.4 is 0 Å². The Balaban J connectivity index is 2.27. The van der Waals surface area contributed by atoms with Gasteiger partial charge in [0.15, 0.2) is 0 Å². The zero-order valence-electron chi connectivity index (χ0n) is 8.30. The lowest BCUT2D eigenvalue weighted by Gasteiger charge is -2.09. The van der Waals surface area contributed by atoms with Crippen LogP contribution in [0, 0.1) is 0 Å². The van der Waals surface area contributed by atoms with Crippen molar-refractivity contribution in [3.05, 3.63) is 12.7 Å².